The molecule has 0 aromatic heterocycles. The molecular formula is C35H42ClN3O4. The largest absolute Gasteiger partial charge is 0.444 e. The highest BCUT2D eigenvalue weighted by molar-refractivity contribution is 6.34. The molecule has 8 heteroatoms. The lowest BCUT2D eigenvalue weighted by atomic mass is 9.95. The van der Waals surface area contributed by atoms with Crippen LogP contribution in [0.2, 0.25) is 5.02 Å². The zero-order valence-corrected chi connectivity index (χ0v) is 26.8. The number of benzene rings is 3. The molecule has 0 heterocycles. The summed E-state index contributed by atoms with van der Waals surface area (Å²) in [6, 6.07) is 18.7. The molecule has 1 aliphatic rings. The Kier molecular flexibility index (Phi) is 9.86. The molecule has 0 saturated heterocycles. The van der Waals surface area contributed by atoms with Crippen LogP contribution in [-0.4, -0.2) is 40.5 Å². The van der Waals surface area contributed by atoms with Crippen molar-refractivity contribution in [3.8, 4) is 0 Å². The van der Waals surface area contributed by atoms with Crippen molar-refractivity contribution >= 4 is 35.2 Å². The van der Waals surface area contributed by atoms with Crippen molar-refractivity contribution in [2.75, 3.05) is 5.32 Å². The summed E-state index contributed by atoms with van der Waals surface area (Å²) < 4.78 is 5.55. The van der Waals surface area contributed by atoms with Crippen LogP contribution in [0, 0.1) is 26.7 Å². The van der Waals surface area contributed by atoms with Crippen LogP contribution in [0.15, 0.2) is 66.7 Å². The van der Waals surface area contributed by atoms with E-state index in [1.54, 1.807) is 31.7 Å². The van der Waals surface area contributed by atoms with Crippen molar-refractivity contribution in [2.24, 2.45) is 5.92 Å². The first-order valence-electron chi connectivity index (χ1n) is 14.7. The summed E-state index contributed by atoms with van der Waals surface area (Å²) in [4.78, 5) is 43.8. The highest BCUT2D eigenvalue weighted by Crippen LogP contribution is 2.42. The standard InChI is InChI=1S/C35H42ClN3O4/c1-21-16-17-26(23(3)18-21)31(32(40)38-30-22(2)12-11-15-27(30)36)39(29-19-24(29)4)33(41)28(20-25-13-9-8-10-14-25)37-34(42)43-35(5,6)7/h8-18,24,28-29,31H,19-20H2,1-7H3,(H,37,42)(H,38,40). The maximum Gasteiger partial charge on any atom is 0.408 e. The molecule has 0 radical (unpaired) electrons. The summed E-state index contributed by atoms with van der Waals surface area (Å²) >= 11 is 6.51. The zero-order valence-electron chi connectivity index (χ0n) is 26.0. The second-order valence-electron chi connectivity index (χ2n) is 12.6. The van der Waals surface area contributed by atoms with Gasteiger partial charge in [-0.05, 0) is 82.2 Å². The molecule has 0 spiro atoms. The summed E-state index contributed by atoms with van der Waals surface area (Å²) in [5.74, 6) is -0.530. The van der Waals surface area contributed by atoms with Crippen LogP contribution in [0.4, 0.5) is 10.5 Å². The molecule has 3 amide bonds. The van der Waals surface area contributed by atoms with E-state index < -0.39 is 23.8 Å². The van der Waals surface area contributed by atoms with Gasteiger partial charge < -0.3 is 20.3 Å². The number of halogens is 1. The number of rotatable bonds is 9. The average Bonchev–Trinajstić information content (AvgIpc) is 3.64. The van der Waals surface area contributed by atoms with Crippen molar-refractivity contribution in [2.45, 2.75) is 85.0 Å². The Labute approximate surface area is 260 Å². The van der Waals surface area contributed by atoms with E-state index in [4.69, 9.17) is 16.3 Å². The number of amides is 3. The summed E-state index contributed by atoms with van der Waals surface area (Å²) in [5, 5.41) is 6.28. The minimum absolute atomic E-state index is 0.185. The third-order valence-corrected chi connectivity index (χ3v) is 7.98. The topological polar surface area (TPSA) is 87.7 Å². The fourth-order valence-corrected chi connectivity index (χ4v) is 5.65. The maximum atomic E-state index is 14.7. The molecule has 4 unspecified atom stereocenters. The van der Waals surface area contributed by atoms with E-state index in [-0.39, 0.29) is 30.2 Å². The van der Waals surface area contributed by atoms with E-state index in [1.165, 1.54) is 0 Å². The number of carbonyl (C=O) groups excluding carboxylic acids is 3. The monoisotopic (exact) mass is 603 g/mol. The first-order valence-corrected chi connectivity index (χ1v) is 15.1. The van der Waals surface area contributed by atoms with Gasteiger partial charge in [0.25, 0.3) is 5.91 Å². The van der Waals surface area contributed by atoms with Crippen molar-refractivity contribution in [1.29, 1.82) is 0 Å². The summed E-state index contributed by atoms with van der Waals surface area (Å²) in [5.41, 5.74) is 4.11. The first-order chi connectivity index (χ1) is 20.2. The molecule has 0 bridgehead atoms. The SMILES string of the molecule is Cc1ccc(C(C(=O)Nc2c(C)cccc2Cl)N(C(=O)C(Cc2ccccc2)NC(=O)OC(C)(C)C)C2CC2C)c(C)c1. The van der Waals surface area contributed by atoms with Crippen molar-refractivity contribution < 1.29 is 19.1 Å². The predicted molar refractivity (Wildman–Crippen MR) is 171 cm³/mol. The van der Waals surface area contributed by atoms with Gasteiger partial charge in [0.2, 0.25) is 5.91 Å². The Bertz CT molecular complexity index is 1460. The average molecular weight is 604 g/mol. The lowest BCUT2D eigenvalue weighted by molar-refractivity contribution is -0.141. The molecule has 43 heavy (non-hydrogen) atoms. The van der Waals surface area contributed by atoms with Crippen LogP contribution in [-0.2, 0) is 20.7 Å². The van der Waals surface area contributed by atoms with E-state index in [0.29, 0.717) is 10.7 Å². The number of para-hydroxylation sites is 1. The fourth-order valence-electron chi connectivity index (χ4n) is 5.38. The van der Waals surface area contributed by atoms with Crippen LogP contribution in [0.25, 0.3) is 0 Å². The Morgan fingerprint density at radius 3 is 2.23 bits per heavy atom. The van der Waals surface area contributed by atoms with Crippen molar-refractivity contribution in [3.05, 3.63) is 99.6 Å². The molecule has 3 aromatic rings. The Morgan fingerprint density at radius 1 is 0.977 bits per heavy atom. The van der Waals surface area contributed by atoms with Gasteiger partial charge in [-0.25, -0.2) is 4.79 Å². The van der Waals surface area contributed by atoms with Crippen LogP contribution in [0.1, 0.15) is 68.0 Å². The molecule has 1 saturated carbocycles. The number of anilines is 1. The second-order valence-corrected chi connectivity index (χ2v) is 13.0. The first kappa shape index (κ1) is 32.1. The van der Waals surface area contributed by atoms with Crippen molar-refractivity contribution in [1.82, 2.24) is 10.2 Å². The summed E-state index contributed by atoms with van der Waals surface area (Å²) in [6.45, 7) is 13.2. The van der Waals surface area contributed by atoms with Crippen LogP contribution < -0.4 is 10.6 Å². The zero-order chi connectivity index (χ0) is 31.5. The van der Waals surface area contributed by atoms with Gasteiger partial charge in [-0.1, -0.05) is 84.8 Å². The number of aryl methyl sites for hydroxylation is 3. The maximum absolute atomic E-state index is 14.7. The number of nitrogens with zero attached hydrogens (tertiary/aromatic N) is 1. The Morgan fingerprint density at radius 2 is 1.65 bits per heavy atom. The number of hydrogen-bond donors (Lipinski definition) is 2. The third kappa shape index (κ3) is 8.17. The number of nitrogens with one attached hydrogen (secondary N) is 2. The van der Waals surface area contributed by atoms with Gasteiger partial charge >= 0.3 is 6.09 Å². The molecule has 1 fully saturated rings. The number of ether oxygens (including phenoxy) is 1. The highest BCUT2D eigenvalue weighted by atomic mass is 35.5. The molecule has 4 atom stereocenters. The Hall–Kier alpha value is -3.84. The van der Waals surface area contributed by atoms with Gasteiger partial charge in [0.05, 0.1) is 10.7 Å². The Balaban J connectivity index is 1.79. The molecule has 4 rings (SSSR count). The van der Waals surface area contributed by atoms with E-state index in [9.17, 15) is 14.4 Å². The fraction of sp³-hybridized carbons (Fsp3) is 0.400. The van der Waals surface area contributed by atoms with Gasteiger partial charge in [-0.15, -0.1) is 0 Å². The van der Waals surface area contributed by atoms with Crippen LogP contribution >= 0.6 is 11.6 Å². The van der Waals surface area contributed by atoms with Crippen molar-refractivity contribution in [3.63, 3.8) is 0 Å². The quantitative estimate of drug-likeness (QED) is 0.268. The van der Waals surface area contributed by atoms with Gasteiger partial charge in [0.1, 0.15) is 17.7 Å². The lowest BCUT2D eigenvalue weighted by Crippen LogP contribution is -2.54. The molecule has 0 aliphatic heterocycles. The normalized spacial score (nSPS) is 17.4. The minimum Gasteiger partial charge on any atom is -0.444 e. The molecule has 2 N–H and O–H groups in total. The molecule has 228 valence electrons. The van der Waals surface area contributed by atoms with E-state index >= 15 is 0 Å². The number of alkyl carbamates (subject to hydrolysis) is 1. The van der Waals surface area contributed by atoms with E-state index in [1.807, 2.05) is 81.4 Å². The molecule has 7 nitrogen and oxygen atoms in total. The highest BCUT2D eigenvalue weighted by Gasteiger charge is 2.48. The van der Waals surface area contributed by atoms with Gasteiger partial charge in [-0.2, -0.15) is 0 Å². The van der Waals surface area contributed by atoms with E-state index in [0.717, 1.165) is 34.2 Å². The molecular weight excluding hydrogens is 562 g/mol. The van der Waals surface area contributed by atoms with Crippen LogP contribution in [0.3, 0.4) is 0 Å². The third-order valence-electron chi connectivity index (χ3n) is 7.67. The smallest absolute Gasteiger partial charge is 0.408 e. The van der Waals surface area contributed by atoms with Crippen LogP contribution in [0.5, 0.6) is 0 Å². The van der Waals surface area contributed by atoms with Gasteiger partial charge in [0, 0.05) is 12.5 Å². The number of carbonyl (C=O) groups is 3. The number of hydrogen-bond acceptors (Lipinski definition) is 4. The summed E-state index contributed by atoms with van der Waals surface area (Å²) in [6.07, 6.45) is 0.294. The molecule has 1 aliphatic carbocycles. The van der Waals surface area contributed by atoms with Gasteiger partial charge in [0.15, 0.2) is 0 Å². The summed E-state index contributed by atoms with van der Waals surface area (Å²) in [7, 11) is 0. The predicted octanol–water partition coefficient (Wildman–Crippen LogP) is 7.32. The lowest BCUT2D eigenvalue weighted by Gasteiger charge is -2.36. The second kappa shape index (κ2) is 13.2. The van der Waals surface area contributed by atoms with E-state index in [2.05, 4.69) is 17.6 Å². The molecule has 3 aromatic carbocycles. The minimum atomic E-state index is -0.965. The van der Waals surface area contributed by atoms with Gasteiger partial charge in [-0.3, -0.25) is 9.59 Å².